The lowest BCUT2D eigenvalue weighted by Gasteiger charge is -2.35. The Kier molecular flexibility index (Phi) is 5.52. The summed E-state index contributed by atoms with van der Waals surface area (Å²) in [4.78, 5) is 23.8. The highest BCUT2D eigenvalue weighted by Crippen LogP contribution is 2.32. The van der Waals surface area contributed by atoms with E-state index in [2.05, 4.69) is 0 Å². The minimum Gasteiger partial charge on any atom is -0.465 e. The molecule has 0 spiro atoms. The zero-order valence-corrected chi connectivity index (χ0v) is 12.4. The summed E-state index contributed by atoms with van der Waals surface area (Å²) in [6.07, 6.45) is 0.225. The quantitative estimate of drug-likeness (QED) is 0.547. The van der Waals surface area contributed by atoms with Crippen molar-refractivity contribution in [2.45, 2.75) is 32.3 Å². The van der Waals surface area contributed by atoms with Crippen LogP contribution in [0.1, 0.15) is 26.7 Å². The van der Waals surface area contributed by atoms with Crippen molar-refractivity contribution in [2.75, 3.05) is 24.7 Å². The number of carbonyl (C=O) groups excluding carboxylic acids is 2. The van der Waals surface area contributed by atoms with Gasteiger partial charge in [0.05, 0.1) is 24.7 Å². The van der Waals surface area contributed by atoms with Crippen LogP contribution in [0.4, 0.5) is 0 Å². The molecule has 1 rings (SSSR count). The van der Waals surface area contributed by atoms with E-state index in [1.54, 1.807) is 13.8 Å². The summed E-state index contributed by atoms with van der Waals surface area (Å²) in [7, 11) is -3.50. The SMILES string of the molecule is CCOC(=O)C(C(=O)OCC)C1(O)CCCS(=O)(=O)C1. The Balaban J connectivity index is 3.08. The molecule has 0 aromatic rings. The molecule has 1 aliphatic rings. The molecular formula is C12H20O7S. The third kappa shape index (κ3) is 3.92. The van der Waals surface area contributed by atoms with Gasteiger partial charge in [-0.25, -0.2) is 8.42 Å². The van der Waals surface area contributed by atoms with Crippen LogP contribution in [-0.4, -0.2) is 55.8 Å². The summed E-state index contributed by atoms with van der Waals surface area (Å²) >= 11 is 0. The van der Waals surface area contributed by atoms with Gasteiger partial charge in [0.25, 0.3) is 0 Å². The van der Waals surface area contributed by atoms with Crippen LogP contribution in [0.2, 0.25) is 0 Å². The number of hydrogen-bond donors (Lipinski definition) is 1. The van der Waals surface area contributed by atoms with Crippen LogP contribution in [0.5, 0.6) is 0 Å². The first-order valence-electron chi connectivity index (χ1n) is 6.52. The van der Waals surface area contributed by atoms with E-state index < -0.39 is 39.0 Å². The van der Waals surface area contributed by atoms with Gasteiger partial charge in [0.2, 0.25) is 0 Å². The van der Waals surface area contributed by atoms with Crippen LogP contribution < -0.4 is 0 Å². The van der Waals surface area contributed by atoms with Crippen molar-refractivity contribution in [3.05, 3.63) is 0 Å². The lowest BCUT2D eigenvalue weighted by Crippen LogP contribution is -2.54. The topological polar surface area (TPSA) is 107 Å². The molecule has 1 N–H and O–H groups in total. The van der Waals surface area contributed by atoms with E-state index in [0.717, 1.165) is 0 Å². The number of carbonyl (C=O) groups is 2. The fraction of sp³-hybridized carbons (Fsp3) is 0.833. The Morgan fingerprint density at radius 1 is 1.20 bits per heavy atom. The molecule has 1 saturated heterocycles. The Morgan fingerprint density at radius 2 is 1.70 bits per heavy atom. The first-order valence-corrected chi connectivity index (χ1v) is 8.34. The number of sulfone groups is 1. The first-order chi connectivity index (χ1) is 9.25. The van der Waals surface area contributed by atoms with Crippen LogP contribution >= 0.6 is 0 Å². The predicted molar refractivity (Wildman–Crippen MR) is 69.6 cm³/mol. The maximum atomic E-state index is 11.9. The van der Waals surface area contributed by atoms with Crippen LogP contribution in [0.3, 0.4) is 0 Å². The summed E-state index contributed by atoms with van der Waals surface area (Å²) in [5.41, 5.74) is -1.96. The zero-order valence-electron chi connectivity index (χ0n) is 11.6. The standard InChI is InChI=1S/C12H20O7S/c1-3-18-10(13)9(11(14)19-4-2)12(15)6-5-7-20(16,17)8-12/h9,15H,3-8H2,1-2H3. The van der Waals surface area contributed by atoms with E-state index in [9.17, 15) is 23.1 Å². The lowest BCUT2D eigenvalue weighted by molar-refractivity contribution is -0.173. The molecular weight excluding hydrogens is 288 g/mol. The normalized spacial score (nSPS) is 25.2. The molecule has 0 aliphatic carbocycles. The highest BCUT2D eigenvalue weighted by atomic mass is 32.2. The van der Waals surface area contributed by atoms with E-state index in [1.165, 1.54) is 0 Å². The monoisotopic (exact) mass is 308 g/mol. The molecule has 1 heterocycles. The molecule has 20 heavy (non-hydrogen) atoms. The molecule has 1 atom stereocenters. The van der Waals surface area contributed by atoms with Crippen LogP contribution in [0.15, 0.2) is 0 Å². The summed E-state index contributed by atoms with van der Waals surface area (Å²) in [6, 6.07) is 0. The number of aliphatic hydroxyl groups is 1. The van der Waals surface area contributed by atoms with Crippen LogP contribution in [0.25, 0.3) is 0 Å². The molecule has 0 amide bonds. The highest BCUT2D eigenvalue weighted by molar-refractivity contribution is 7.91. The third-order valence-electron chi connectivity index (χ3n) is 3.12. The summed E-state index contributed by atoms with van der Waals surface area (Å²) < 4.78 is 32.9. The van der Waals surface area contributed by atoms with Gasteiger partial charge >= 0.3 is 11.9 Å². The van der Waals surface area contributed by atoms with E-state index in [1.807, 2.05) is 0 Å². The van der Waals surface area contributed by atoms with Gasteiger partial charge < -0.3 is 14.6 Å². The summed E-state index contributed by atoms with van der Waals surface area (Å²) in [5, 5.41) is 10.5. The van der Waals surface area contributed by atoms with Crippen molar-refractivity contribution in [1.29, 1.82) is 0 Å². The van der Waals surface area contributed by atoms with Gasteiger partial charge in [-0.05, 0) is 26.7 Å². The summed E-state index contributed by atoms with van der Waals surface area (Å²) in [6.45, 7) is 3.17. The molecule has 0 saturated carbocycles. The fourth-order valence-electron chi connectivity index (χ4n) is 2.34. The largest absolute Gasteiger partial charge is 0.465 e. The van der Waals surface area contributed by atoms with Crippen LogP contribution in [-0.2, 0) is 28.9 Å². The van der Waals surface area contributed by atoms with Crippen molar-refractivity contribution in [3.8, 4) is 0 Å². The molecule has 0 radical (unpaired) electrons. The van der Waals surface area contributed by atoms with Crippen molar-refractivity contribution < 1.29 is 32.6 Å². The molecule has 116 valence electrons. The van der Waals surface area contributed by atoms with E-state index in [4.69, 9.17) is 9.47 Å². The smallest absolute Gasteiger partial charge is 0.323 e. The Bertz CT molecular complexity index is 452. The van der Waals surface area contributed by atoms with Gasteiger partial charge in [-0.1, -0.05) is 0 Å². The average molecular weight is 308 g/mol. The molecule has 8 heteroatoms. The molecule has 0 aromatic carbocycles. The molecule has 0 aromatic heterocycles. The van der Waals surface area contributed by atoms with Crippen LogP contribution in [0, 0.1) is 5.92 Å². The Hall–Kier alpha value is -1.15. The minimum absolute atomic E-state index is 0.0254. The number of rotatable bonds is 5. The first kappa shape index (κ1) is 16.9. The molecule has 1 unspecified atom stereocenters. The molecule has 1 aliphatic heterocycles. The number of ether oxygens (including phenoxy) is 2. The Labute approximate surface area is 118 Å². The third-order valence-corrected chi connectivity index (χ3v) is 4.97. The Morgan fingerprint density at radius 3 is 2.10 bits per heavy atom. The van der Waals surface area contributed by atoms with Gasteiger partial charge in [-0.2, -0.15) is 0 Å². The zero-order chi connectivity index (χ0) is 15.4. The fourth-order valence-corrected chi connectivity index (χ4v) is 4.14. The number of esters is 2. The highest BCUT2D eigenvalue weighted by Gasteiger charge is 2.52. The van der Waals surface area contributed by atoms with E-state index in [0.29, 0.717) is 0 Å². The number of hydrogen-bond acceptors (Lipinski definition) is 7. The van der Waals surface area contributed by atoms with Crippen molar-refractivity contribution in [1.82, 2.24) is 0 Å². The summed E-state index contributed by atoms with van der Waals surface area (Å²) in [5.74, 6) is -4.23. The second kappa shape index (κ2) is 6.53. The molecule has 7 nitrogen and oxygen atoms in total. The second-order valence-electron chi connectivity index (χ2n) is 4.74. The van der Waals surface area contributed by atoms with Gasteiger partial charge in [0, 0.05) is 0 Å². The van der Waals surface area contributed by atoms with Gasteiger partial charge in [-0.15, -0.1) is 0 Å². The van der Waals surface area contributed by atoms with E-state index in [-0.39, 0.29) is 31.8 Å². The lowest BCUT2D eigenvalue weighted by atomic mass is 9.84. The van der Waals surface area contributed by atoms with Crippen molar-refractivity contribution in [3.63, 3.8) is 0 Å². The van der Waals surface area contributed by atoms with Gasteiger partial charge in [0.1, 0.15) is 5.60 Å². The van der Waals surface area contributed by atoms with E-state index >= 15 is 0 Å². The minimum atomic E-state index is -3.50. The molecule has 1 fully saturated rings. The van der Waals surface area contributed by atoms with Crippen molar-refractivity contribution >= 4 is 21.8 Å². The van der Waals surface area contributed by atoms with Gasteiger partial charge in [-0.3, -0.25) is 9.59 Å². The molecule has 0 bridgehead atoms. The maximum absolute atomic E-state index is 11.9. The average Bonchev–Trinajstić information content (AvgIpc) is 2.27. The van der Waals surface area contributed by atoms with Crippen molar-refractivity contribution in [2.24, 2.45) is 5.92 Å². The van der Waals surface area contributed by atoms with Gasteiger partial charge in [0.15, 0.2) is 15.8 Å². The maximum Gasteiger partial charge on any atom is 0.323 e. The second-order valence-corrected chi connectivity index (χ2v) is 6.92. The predicted octanol–water partition coefficient (Wildman–Crippen LogP) is -0.331.